The molecule has 106 valence electrons. The van der Waals surface area contributed by atoms with Crippen LogP contribution in [-0.2, 0) is 6.18 Å². The standard InChI is InChI=1S/C12H9F3N2O3/c1-20-7-2-3-8(11(18)19)9(6-7)17-5-4-10(16-17)12(13,14)15/h2-6H,1H3,(H,18,19). The molecule has 2 rings (SSSR count). The van der Waals surface area contributed by atoms with Crippen LogP contribution in [0.1, 0.15) is 16.1 Å². The predicted octanol–water partition coefficient (Wildman–Crippen LogP) is 2.60. The summed E-state index contributed by atoms with van der Waals surface area (Å²) in [5.41, 5.74) is -1.29. The second-order valence-electron chi connectivity index (χ2n) is 3.83. The number of rotatable bonds is 3. The quantitative estimate of drug-likeness (QED) is 0.942. The summed E-state index contributed by atoms with van der Waals surface area (Å²) in [4.78, 5) is 11.1. The van der Waals surface area contributed by atoms with Crippen molar-refractivity contribution in [3.8, 4) is 11.4 Å². The van der Waals surface area contributed by atoms with Crippen LogP contribution in [0.4, 0.5) is 13.2 Å². The molecule has 0 spiro atoms. The summed E-state index contributed by atoms with van der Waals surface area (Å²) >= 11 is 0. The topological polar surface area (TPSA) is 64.3 Å². The molecule has 0 atom stereocenters. The number of aromatic carboxylic acids is 1. The molecular formula is C12H9F3N2O3. The first-order valence-corrected chi connectivity index (χ1v) is 5.37. The molecule has 20 heavy (non-hydrogen) atoms. The minimum Gasteiger partial charge on any atom is -0.497 e. The zero-order valence-electron chi connectivity index (χ0n) is 10.2. The van der Waals surface area contributed by atoms with Gasteiger partial charge in [0.15, 0.2) is 5.69 Å². The van der Waals surface area contributed by atoms with E-state index in [9.17, 15) is 18.0 Å². The van der Waals surface area contributed by atoms with E-state index in [0.717, 1.165) is 16.9 Å². The van der Waals surface area contributed by atoms with Crippen LogP contribution in [0.5, 0.6) is 5.75 Å². The van der Waals surface area contributed by atoms with E-state index in [-0.39, 0.29) is 11.3 Å². The lowest BCUT2D eigenvalue weighted by Crippen LogP contribution is -2.10. The van der Waals surface area contributed by atoms with Crippen molar-refractivity contribution >= 4 is 5.97 Å². The lowest BCUT2D eigenvalue weighted by atomic mass is 10.1. The lowest BCUT2D eigenvalue weighted by Gasteiger charge is -2.09. The van der Waals surface area contributed by atoms with Crippen molar-refractivity contribution in [2.75, 3.05) is 7.11 Å². The molecule has 0 aliphatic heterocycles. The normalized spacial score (nSPS) is 11.4. The van der Waals surface area contributed by atoms with Crippen molar-refractivity contribution in [2.45, 2.75) is 6.18 Å². The molecular weight excluding hydrogens is 277 g/mol. The molecule has 0 saturated carbocycles. The number of ether oxygens (including phenoxy) is 1. The second-order valence-corrected chi connectivity index (χ2v) is 3.83. The van der Waals surface area contributed by atoms with E-state index in [0.29, 0.717) is 5.75 Å². The average molecular weight is 286 g/mol. The third kappa shape index (κ3) is 2.58. The summed E-state index contributed by atoms with van der Waals surface area (Å²) in [5.74, 6) is -0.958. The fourth-order valence-electron chi connectivity index (χ4n) is 1.62. The smallest absolute Gasteiger partial charge is 0.435 e. The number of hydrogen-bond acceptors (Lipinski definition) is 3. The Morgan fingerprint density at radius 2 is 2.05 bits per heavy atom. The molecule has 1 aromatic carbocycles. The van der Waals surface area contributed by atoms with Gasteiger partial charge in [0.2, 0.25) is 0 Å². The third-order valence-electron chi connectivity index (χ3n) is 2.56. The number of carboxylic acid groups (broad SMARTS) is 1. The van der Waals surface area contributed by atoms with E-state index >= 15 is 0 Å². The Labute approximate surface area is 111 Å². The zero-order valence-corrected chi connectivity index (χ0v) is 10.2. The molecule has 0 amide bonds. The molecule has 0 unspecified atom stereocenters. The van der Waals surface area contributed by atoms with E-state index in [1.165, 1.54) is 25.3 Å². The highest BCUT2D eigenvalue weighted by molar-refractivity contribution is 5.92. The first-order chi connectivity index (χ1) is 9.32. The van der Waals surface area contributed by atoms with Crippen molar-refractivity contribution in [1.82, 2.24) is 9.78 Å². The van der Waals surface area contributed by atoms with Gasteiger partial charge in [-0.1, -0.05) is 0 Å². The van der Waals surface area contributed by atoms with Gasteiger partial charge in [0.05, 0.1) is 18.4 Å². The van der Waals surface area contributed by atoms with Crippen LogP contribution >= 0.6 is 0 Å². The summed E-state index contributed by atoms with van der Waals surface area (Å²) in [5, 5.41) is 12.4. The Kier molecular flexibility index (Phi) is 3.39. The lowest BCUT2D eigenvalue weighted by molar-refractivity contribution is -0.141. The van der Waals surface area contributed by atoms with Crippen molar-refractivity contribution < 1.29 is 27.8 Å². The van der Waals surface area contributed by atoms with E-state index in [1.807, 2.05) is 0 Å². The van der Waals surface area contributed by atoms with Crippen LogP contribution in [0.15, 0.2) is 30.5 Å². The van der Waals surface area contributed by atoms with E-state index < -0.39 is 17.8 Å². The molecule has 1 aromatic heterocycles. The summed E-state index contributed by atoms with van der Waals surface area (Å²) in [7, 11) is 1.36. The van der Waals surface area contributed by atoms with Crippen LogP contribution in [-0.4, -0.2) is 28.0 Å². The summed E-state index contributed by atoms with van der Waals surface area (Å²) in [6, 6.07) is 4.72. The largest absolute Gasteiger partial charge is 0.497 e. The van der Waals surface area contributed by atoms with E-state index in [1.54, 1.807) is 0 Å². The van der Waals surface area contributed by atoms with Crippen LogP contribution < -0.4 is 4.74 Å². The van der Waals surface area contributed by atoms with Crippen LogP contribution in [0.2, 0.25) is 0 Å². The highest BCUT2D eigenvalue weighted by Crippen LogP contribution is 2.29. The third-order valence-corrected chi connectivity index (χ3v) is 2.56. The Balaban J connectivity index is 2.55. The van der Waals surface area contributed by atoms with Crippen molar-refractivity contribution in [1.29, 1.82) is 0 Å². The van der Waals surface area contributed by atoms with Crippen molar-refractivity contribution in [3.05, 3.63) is 41.7 Å². The Bertz CT molecular complexity index is 650. The first-order valence-electron chi connectivity index (χ1n) is 5.37. The van der Waals surface area contributed by atoms with Crippen molar-refractivity contribution in [2.24, 2.45) is 0 Å². The van der Waals surface area contributed by atoms with Gasteiger partial charge in [0, 0.05) is 12.3 Å². The first kappa shape index (κ1) is 13.9. The molecule has 0 radical (unpaired) electrons. The Morgan fingerprint density at radius 1 is 1.35 bits per heavy atom. The fraction of sp³-hybridized carbons (Fsp3) is 0.167. The summed E-state index contributed by atoms with van der Waals surface area (Å²) in [6.45, 7) is 0. The van der Waals surface area contributed by atoms with Crippen LogP contribution in [0.25, 0.3) is 5.69 Å². The van der Waals surface area contributed by atoms with Gasteiger partial charge in [-0.2, -0.15) is 18.3 Å². The number of nitrogens with zero attached hydrogens (tertiary/aromatic N) is 2. The van der Waals surface area contributed by atoms with Gasteiger partial charge in [-0.3, -0.25) is 0 Å². The van der Waals surface area contributed by atoms with Crippen molar-refractivity contribution in [3.63, 3.8) is 0 Å². The number of aromatic nitrogens is 2. The number of benzene rings is 1. The van der Waals surface area contributed by atoms with Gasteiger partial charge in [-0.15, -0.1) is 0 Å². The number of carboxylic acids is 1. The number of alkyl halides is 3. The van der Waals surface area contributed by atoms with Gasteiger partial charge >= 0.3 is 12.1 Å². The van der Waals surface area contributed by atoms with E-state index in [4.69, 9.17) is 9.84 Å². The average Bonchev–Trinajstić information content (AvgIpc) is 2.87. The molecule has 0 aliphatic rings. The van der Waals surface area contributed by atoms with Gasteiger partial charge in [-0.05, 0) is 18.2 Å². The Morgan fingerprint density at radius 3 is 2.55 bits per heavy atom. The second kappa shape index (κ2) is 4.87. The maximum Gasteiger partial charge on any atom is 0.435 e. The molecule has 5 nitrogen and oxygen atoms in total. The Hall–Kier alpha value is -2.51. The molecule has 1 N–H and O–H groups in total. The van der Waals surface area contributed by atoms with Gasteiger partial charge in [0.25, 0.3) is 0 Å². The highest BCUT2D eigenvalue weighted by Gasteiger charge is 2.33. The minimum atomic E-state index is -4.59. The highest BCUT2D eigenvalue weighted by atomic mass is 19.4. The van der Waals surface area contributed by atoms with Crippen LogP contribution in [0.3, 0.4) is 0 Å². The monoisotopic (exact) mass is 286 g/mol. The maximum atomic E-state index is 12.5. The maximum absolute atomic E-state index is 12.5. The number of halogens is 3. The molecule has 0 bridgehead atoms. The predicted molar refractivity (Wildman–Crippen MR) is 62.1 cm³/mol. The minimum absolute atomic E-state index is 0.00708. The fourth-order valence-corrected chi connectivity index (χ4v) is 1.62. The van der Waals surface area contributed by atoms with Gasteiger partial charge in [-0.25, -0.2) is 9.48 Å². The SMILES string of the molecule is COc1ccc(C(=O)O)c(-n2ccc(C(F)(F)F)n2)c1. The number of methoxy groups -OCH3 is 1. The summed E-state index contributed by atoms with van der Waals surface area (Å²) < 4.78 is 43.3. The zero-order chi connectivity index (χ0) is 14.9. The molecule has 1 heterocycles. The number of hydrogen-bond donors (Lipinski definition) is 1. The molecule has 0 fully saturated rings. The van der Waals surface area contributed by atoms with Gasteiger partial charge < -0.3 is 9.84 Å². The molecule has 0 saturated heterocycles. The van der Waals surface area contributed by atoms with Gasteiger partial charge in [0.1, 0.15) is 5.75 Å². The molecule has 0 aliphatic carbocycles. The summed E-state index contributed by atoms with van der Waals surface area (Å²) in [6.07, 6.45) is -3.54. The molecule has 2 aromatic rings. The number of carbonyl (C=O) groups is 1. The van der Waals surface area contributed by atoms with Crippen LogP contribution in [0, 0.1) is 0 Å². The van der Waals surface area contributed by atoms with E-state index in [2.05, 4.69) is 5.10 Å². The molecule has 8 heteroatoms.